The van der Waals surface area contributed by atoms with E-state index in [1.165, 1.54) is 36.9 Å². The van der Waals surface area contributed by atoms with Gasteiger partial charge in [-0.05, 0) is 31.2 Å². The van der Waals surface area contributed by atoms with Crippen molar-refractivity contribution in [3.05, 3.63) is 17.5 Å². The number of aromatic nitrogens is 2. The summed E-state index contributed by atoms with van der Waals surface area (Å²) in [6.45, 7) is 0. The molecule has 0 saturated heterocycles. The lowest BCUT2D eigenvalue weighted by Gasteiger charge is -2.07. The number of halogens is 3. The summed E-state index contributed by atoms with van der Waals surface area (Å²) in [4.78, 5) is 0. The molecule has 0 atom stereocenters. The summed E-state index contributed by atoms with van der Waals surface area (Å²) in [6, 6.07) is 0. The molecule has 2 rings (SSSR count). The zero-order valence-corrected chi connectivity index (χ0v) is 9.03. The van der Waals surface area contributed by atoms with Crippen LogP contribution in [-0.2, 0) is 12.8 Å². The molecule has 0 unspecified atom stereocenters. The summed E-state index contributed by atoms with van der Waals surface area (Å²) < 4.78 is 0. The van der Waals surface area contributed by atoms with E-state index in [2.05, 4.69) is 10.2 Å². The summed E-state index contributed by atoms with van der Waals surface area (Å²) in [5, 5.41) is 6.99. The second-order valence-electron chi connectivity index (χ2n) is 2.58. The second-order valence-corrected chi connectivity index (χ2v) is 2.58. The maximum absolute atomic E-state index is 3.98. The van der Waals surface area contributed by atoms with E-state index in [1.54, 1.807) is 0 Å². The highest BCUT2D eigenvalue weighted by Crippen LogP contribution is 2.17. The van der Waals surface area contributed by atoms with E-state index < -0.39 is 0 Å². The van der Waals surface area contributed by atoms with Crippen LogP contribution in [0.2, 0.25) is 0 Å². The molecule has 0 saturated carbocycles. The monoisotopic (exact) mass is 230 g/mol. The van der Waals surface area contributed by atoms with E-state index in [9.17, 15) is 0 Å². The van der Waals surface area contributed by atoms with Crippen molar-refractivity contribution in [1.82, 2.24) is 10.2 Å². The zero-order valence-electron chi connectivity index (χ0n) is 6.58. The molecule has 0 aliphatic heterocycles. The molecule has 72 valence electrons. The van der Waals surface area contributed by atoms with Crippen LogP contribution < -0.4 is 0 Å². The molecule has 5 heteroatoms. The molecular formula is C7H13Cl3N2. The van der Waals surface area contributed by atoms with E-state index in [-0.39, 0.29) is 37.2 Å². The third-order valence-electron chi connectivity index (χ3n) is 1.93. The van der Waals surface area contributed by atoms with Crippen molar-refractivity contribution in [2.75, 3.05) is 0 Å². The second kappa shape index (κ2) is 6.58. The molecule has 1 N–H and O–H groups in total. The summed E-state index contributed by atoms with van der Waals surface area (Å²) >= 11 is 0. The molecule has 0 bridgehead atoms. The molecule has 0 spiro atoms. The highest BCUT2D eigenvalue weighted by molar-refractivity contribution is 5.86. The zero-order chi connectivity index (χ0) is 6.10. The molecule has 2 nitrogen and oxygen atoms in total. The van der Waals surface area contributed by atoms with Gasteiger partial charge in [0.2, 0.25) is 0 Å². The predicted octanol–water partition coefficient (Wildman–Crippen LogP) is 2.55. The highest BCUT2D eigenvalue weighted by atomic mass is 35.5. The standard InChI is InChI=1S/C7H10N2.3ClH/c1-2-4-7-6(3-1)5-8-9-7;;;/h5H,1-4H2,(H,8,9);3*1H. The van der Waals surface area contributed by atoms with Crippen molar-refractivity contribution < 1.29 is 0 Å². The minimum absolute atomic E-state index is 0. The molecule has 0 radical (unpaired) electrons. The average molecular weight is 232 g/mol. The number of aryl methyl sites for hydroxylation is 2. The highest BCUT2D eigenvalue weighted by Gasteiger charge is 2.08. The van der Waals surface area contributed by atoms with Crippen LogP contribution in [0, 0.1) is 0 Å². The Bertz CT molecular complexity index is 192. The van der Waals surface area contributed by atoms with Crippen molar-refractivity contribution >= 4 is 37.2 Å². The molecular weight excluding hydrogens is 218 g/mol. The van der Waals surface area contributed by atoms with E-state index in [0.717, 1.165) is 0 Å². The van der Waals surface area contributed by atoms with Gasteiger partial charge in [-0.2, -0.15) is 5.10 Å². The first-order chi connectivity index (χ1) is 4.47. The van der Waals surface area contributed by atoms with E-state index >= 15 is 0 Å². The number of nitrogens with zero attached hydrogens (tertiary/aromatic N) is 1. The lowest BCUT2D eigenvalue weighted by molar-refractivity contribution is 0.675. The molecule has 1 aliphatic rings. The van der Waals surface area contributed by atoms with Crippen molar-refractivity contribution in [1.29, 1.82) is 0 Å². The Balaban J connectivity index is 0. The van der Waals surface area contributed by atoms with Crippen LogP contribution in [0.1, 0.15) is 24.1 Å². The lowest BCUT2D eigenvalue weighted by atomic mass is 9.99. The van der Waals surface area contributed by atoms with Gasteiger partial charge in [0, 0.05) is 5.69 Å². The fourth-order valence-electron chi connectivity index (χ4n) is 1.39. The summed E-state index contributed by atoms with van der Waals surface area (Å²) in [5.41, 5.74) is 2.79. The topological polar surface area (TPSA) is 28.7 Å². The smallest absolute Gasteiger partial charge is 0.0522 e. The van der Waals surface area contributed by atoms with Crippen molar-refractivity contribution in [2.24, 2.45) is 0 Å². The van der Waals surface area contributed by atoms with Gasteiger partial charge in [-0.1, -0.05) is 0 Å². The largest absolute Gasteiger partial charge is 0.282 e. The van der Waals surface area contributed by atoms with Gasteiger partial charge in [-0.15, -0.1) is 37.2 Å². The maximum atomic E-state index is 3.98. The molecule has 1 aromatic heterocycles. The third-order valence-corrected chi connectivity index (χ3v) is 1.93. The maximum Gasteiger partial charge on any atom is 0.0522 e. The van der Waals surface area contributed by atoms with Gasteiger partial charge in [0.15, 0.2) is 0 Å². The fourth-order valence-corrected chi connectivity index (χ4v) is 1.39. The Kier molecular flexibility index (Phi) is 8.00. The van der Waals surface area contributed by atoms with Gasteiger partial charge in [0.05, 0.1) is 6.20 Å². The van der Waals surface area contributed by atoms with Crippen LogP contribution in [0.4, 0.5) is 0 Å². The Labute approximate surface area is 90.7 Å². The van der Waals surface area contributed by atoms with Crippen LogP contribution in [0.25, 0.3) is 0 Å². The molecule has 12 heavy (non-hydrogen) atoms. The van der Waals surface area contributed by atoms with E-state index in [1.807, 2.05) is 6.20 Å². The summed E-state index contributed by atoms with van der Waals surface area (Å²) in [6.07, 6.45) is 7.05. The fraction of sp³-hybridized carbons (Fsp3) is 0.571. The number of H-pyrrole nitrogens is 1. The van der Waals surface area contributed by atoms with E-state index in [4.69, 9.17) is 0 Å². The van der Waals surface area contributed by atoms with Gasteiger partial charge in [-0.25, -0.2) is 0 Å². The molecule has 0 amide bonds. The van der Waals surface area contributed by atoms with Crippen molar-refractivity contribution in [3.8, 4) is 0 Å². The van der Waals surface area contributed by atoms with Crippen molar-refractivity contribution in [2.45, 2.75) is 25.7 Å². The molecule has 1 heterocycles. The van der Waals surface area contributed by atoms with Gasteiger partial charge in [0.1, 0.15) is 0 Å². The van der Waals surface area contributed by atoms with Crippen LogP contribution in [-0.4, -0.2) is 10.2 Å². The minimum atomic E-state index is 0. The number of hydrogen-bond acceptors (Lipinski definition) is 1. The Morgan fingerprint density at radius 3 is 2.42 bits per heavy atom. The normalized spacial score (nSPS) is 13.0. The number of nitrogens with one attached hydrogen (secondary N) is 1. The molecule has 1 aliphatic carbocycles. The first kappa shape index (κ1) is 14.6. The predicted molar refractivity (Wildman–Crippen MR) is 57.0 cm³/mol. The van der Waals surface area contributed by atoms with Crippen LogP contribution in [0.15, 0.2) is 6.20 Å². The number of hydrogen-bond donors (Lipinski definition) is 1. The number of aromatic amines is 1. The van der Waals surface area contributed by atoms with Crippen molar-refractivity contribution in [3.63, 3.8) is 0 Å². The van der Waals surface area contributed by atoms with Crippen LogP contribution in [0.3, 0.4) is 0 Å². The number of fused-ring (bicyclic) bond motifs is 1. The first-order valence-electron chi connectivity index (χ1n) is 3.48. The Morgan fingerprint density at radius 2 is 1.75 bits per heavy atom. The van der Waals surface area contributed by atoms with Gasteiger partial charge in [0.25, 0.3) is 0 Å². The minimum Gasteiger partial charge on any atom is -0.282 e. The SMILES string of the molecule is Cl.Cl.Cl.c1n[nH]c2c1CCCC2. The first-order valence-corrected chi connectivity index (χ1v) is 3.48. The van der Waals surface area contributed by atoms with E-state index in [0.29, 0.717) is 0 Å². The molecule has 0 aromatic carbocycles. The third kappa shape index (κ3) is 2.85. The molecule has 1 aromatic rings. The van der Waals surface area contributed by atoms with Crippen LogP contribution >= 0.6 is 37.2 Å². The summed E-state index contributed by atoms with van der Waals surface area (Å²) in [7, 11) is 0. The van der Waals surface area contributed by atoms with Gasteiger partial charge in [-0.3, -0.25) is 5.10 Å². The number of rotatable bonds is 0. The Morgan fingerprint density at radius 1 is 1.08 bits per heavy atom. The molecule has 0 fully saturated rings. The quantitative estimate of drug-likeness (QED) is 0.730. The summed E-state index contributed by atoms with van der Waals surface area (Å²) in [5.74, 6) is 0. The van der Waals surface area contributed by atoms with Gasteiger partial charge >= 0.3 is 0 Å². The van der Waals surface area contributed by atoms with Gasteiger partial charge < -0.3 is 0 Å². The average Bonchev–Trinajstić information content (AvgIpc) is 2.33. The lowest BCUT2D eigenvalue weighted by Crippen LogP contribution is -1.99. The van der Waals surface area contributed by atoms with Crippen LogP contribution in [0.5, 0.6) is 0 Å². The Hall–Kier alpha value is 0.0800.